The largest absolute Gasteiger partial charge is 0.493 e. The van der Waals surface area contributed by atoms with Crippen molar-refractivity contribution >= 4 is 0 Å². The van der Waals surface area contributed by atoms with Gasteiger partial charge in [-0.15, -0.1) is 0 Å². The molecule has 1 atom stereocenters. The molecule has 0 amide bonds. The van der Waals surface area contributed by atoms with E-state index in [4.69, 9.17) is 9.47 Å². The molecule has 2 rings (SSSR count). The summed E-state index contributed by atoms with van der Waals surface area (Å²) in [4.78, 5) is 0. The van der Waals surface area contributed by atoms with Gasteiger partial charge in [0, 0.05) is 13.1 Å². The van der Waals surface area contributed by atoms with Gasteiger partial charge in [0.2, 0.25) is 0 Å². The first-order valence-electron chi connectivity index (χ1n) is 7.48. The van der Waals surface area contributed by atoms with E-state index in [0.717, 1.165) is 22.6 Å². The highest BCUT2D eigenvalue weighted by Gasteiger charge is 2.08. The van der Waals surface area contributed by atoms with Crippen LogP contribution in [0.1, 0.15) is 24.2 Å². The van der Waals surface area contributed by atoms with Crippen LogP contribution in [0.3, 0.4) is 0 Å². The summed E-state index contributed by atoms with van der Waals surface area (Å²) in [6.07, 6.45) is -0.509. The van der Waals surface area contributed by atoms with E-state index in [-0.39, 0.29) is 0 Å². The molecule has 0 heterocycles. The zero-order valence-electron chi connectivity index (χ0n) is 13.1. The molecule has 0 spiro atoms. The van der Waals surface area contributed by atoms with Gasteiger partial charge < -0.3 is 19.9 Å². The van der Waals surface area contributed by atoms with Crippen LogP contribution in [0.2, 0.25) is 0 Å². The molecule has 2 aromatic rings. The number of hydrogen-bond donors (Lipinski definition) is 2. The second kappa shape index (κ2) is 8.41. The first-order chi connectivity index (χ1) is 10.7. The van der Waals surface area contributed by atoms with E-state index in [1.54, 1.807) is 7.11 Å². The zero-order chi connectivity index (χ0) is 15.8. The normalized spacial score (nSPS) is 12.0. The third kappa shape index (κ3) is 4.48. The van der Waals surface area contributed by atoms with Crippen molar-refractivity contribution in [2.45, 2.75) is 19.6 Å². The minimum Gasteiger partial charge on any atom is -0.493 e. The van der Waals surface area contributed by atoms with E-state index >= 15 is 0 Å². The Balaban J connectivity index is 1.89. The van der Waals surface area contributed by atoms with Gasteiger partial charge in [-0.05, 0) is 30.2 Å². The number of hydrogen-bond acceptors (Lipinski definition) is 4. The fourth-order valence-corrected chi connectivity index (χ4v) is 2.24. The van der Waals surface area contributed by atoms with Gasteiger partial charge in [-0.3, -0.25) is 0 Å². The van der Waals surface area contributed by atoms with Crippen molar-refractivity contribution in [1.82, 2.24) is 5.32 Å². The van der Waals surface area contributed by atoms with Crippen LogP contribution < -0.4 is 14.8 Å². The molecule has 0 aliphatic rings. The zero-order valence-corrected chi connectivity index (χ0v) is 13.1. The monoisotopic (exact) mass is 301 g/mol. The summed E-state index contributed by atoms with van der Waals surface area (Å²) < 4.78 is 10.8. The molecule has 4 nitrogen and oxygen atoms in total. The fraction of sp³-hybridized carbons (Fsp3) is 0.333. The molecule has 0 aliphatic carbocycles. The number of methoxy groups -OCH3 is 1. The van der Waals surface area contributed by atoms with Crippen LogP contribution >= 0.6 is 0 Å². The lowest BCUT2D eigenvalue weighted by Crippen LogP contribution is -2.21. The summed E-state index contributed by atoms with van der Waals surface area (Å²) in [6.45, 7) is 3.71. The second-order valence-corrected chi connectivity index (χ2v) is 4.98. The van der Waals surface area contributed by atoms with Gasteiger partial charge in [0.25, 0.3) is 0 Å². The van der Waals surface area contributed by atoms with Gasteiger partial charge in [-0.25, -0.2) is 0 Å². The molecule has 0 bridgehead atoms. The smallest absolute Gasteiger partial charge is 0.161 e. The SMILES string of the molecule is CCOc1ccc(CNC[C@@H](O)c2ccccc2)cc1OC. The number of aliphatic hydroxyl groups excluding tert-OH is 1. The van der Waals surface area contributed by atoms with E-state index < -0.39 is 6.10 Å². The molecule has 118 valence electrons. The third-order valence-electron chi connectivity index (χ3n) is 3.38. The predicted octanol–water partition coefficient (Wildman–Crippen LogP) is 2.92. The number of nitrogens with one attached hydrogen (secondary N) is 1. The van der Waals surface area contributed by atoms with Crippen LogP contribution in [0.25, 0.3) is 0 Å². The van der Waals surface area contributed by atoms with E-state index in [2.05, 4.69) is 5.32 Å². The van der Waals surface area contributed by atoms with Crippen molar-refractivity contribution in [3.05, 3.63) is 59.7 Å². The van der Waals surface area contributed by atoms with Gasteiger partial charge in [0.05, 0.1) is 19.8 Å². The molecule has 0 aromatic heterocycles. The Hall–Kier alpha value is -2.04. The summed E-state index contributed by atoms with van der Waals surface area (Å²) >= 11 is 0. The highest BCUT2D eigenvalue weighted by molar-refractivity contribution is 5.42. The van der Waals surface area contributed by atoms with Gasteiger partial charge >= 0.3 is 0 Å². The molecule has 0 fully saturated rings. The van der Waals surface area contributed by atoms with Crippen LogP contribution in [0.4, 0.5) is 0 Å². The first kappa shape index (κ1) is 16.3. The summed E-state index contributed by atoms with van der Waals surface area (Å²) in [5, 5.41) is 13.4. The highest BCUT2D eigenvalue weighted by Crippen LogP contribution is 2.28. The number of ether oxygens (including phenoxy) is 2. The highest BCUT2D eigenvalue weighted by atomic mass is 16.5. The van der Waals surface area contributed by atoms with Gasteiger partial charge in [-0.2, -0.15) is 0 Å². The van der Waals surface area contributed by atoms with Crippen molar-refractivity contribution in [1.29, 1.82) is 0 Å². The molecule has 2 N–H and O–H groups in total. The standard InChI is InChI=1S/C18H23NO3/c1-3-22-17-10-9-14(11-18(17)21-2)12-19-13-16(20)15-7-5-4-6-8-15/h4-11,16,19-20H,3,12-13H2,1-2H3/t16-/m1/s1. The molecule has 0 saturated carbocycles. The Morgan fingerprint density at radius 2 is 1.86 bits per heavy atom. The summed E-state index contributed by atoms with van der Waals surface area (Å²) in [5.74, 6) is 1.47. The maximum absolute atomic E-state index is 10.1. The van der Waals surface area contributed by atoms with E-state index in [1.807, 2.05) is 55.5 Å². The first-order valence-corrected chi connectivity index (χ1v) is 7.48. The molecular weight excluding hydrogens is 278 g/mol. The van der Waals surface area contributed by atoms with E-state index in [9.17, 15) is 5.11 Å². The molecule has 0 radical (unpaired) electrons. The Kier molecular flexibility index (Phi) is 6.25. The van der Waals surface area contributed by atoms with Crippen molar-refractivity contribution in [3.63, 3.8) is 0 Å². The minimum absolute atomic E-state index is 0.500. The lowest BCUT2D eigenvalue weighted by atomic mass is 10.1. The Bertz CT molecular complexity index is 572. The molecule has 2 aromatic carbocycles. The molecule has 0 saturated heterocycles. The lowest BCUT2D eigenvalue weighted by Gasteiger charge is -2.14. The average molecular weight is 301 g/mol. The Morgan fingerprint density at radius 3 is 2.55 bits per heavy atom. The molecular formula is C18H23NO3. The van der Waals surface area contributed by atoms with Crippen LogP contribution in [0, 0.1) is 0 Å². The predicted molar refractivity (Wildman–Crippen MR) is 87.3 cm³/mol. The van der Waals surface area contributed by atoms with Crippen molar-refractivity contribution in [2.75, 3.05) is 20.3 Å². The maximum atomic E-state index is 10.1. The molecule has 22 heavy (non-hydrogen) atoms. The van der Waals surface area contributed by atoms with E-state index in [0.29, 0.717) is 19.7 Å². The quantitative estimate of drug-likeness (QED) is 0.787. The summed E-state index contributed by atoms with van der Waals surface area (Å²) in [5.41, 5.74) is 2.00. The van der Waals surface area contributed by atoms with Crippen LogP contribution in [-0.4, -0.2) is 25.4 Å². The maximum Gasteiger partial charge on any atom is 0.161 e. The van der Waals surface area contributed by atoms with E-state index in [1.165, 1.54) is 0 Å². The third-order valence-corrected chi connectivity index (χ3v) is 3.38. The van der Waals surface area contributed by atoms with Gasteiger partial charge in [0.15, 0.2) is 11.5 Å². The number of rotatable bonds is 8. The fourth-order valence-electron chi connectivity index (χ4n) is 2.24. The number of benzene rings is 2. The van der Waals surface area contributed by atoms with Crippen molar-refractivity contribution in [3.8, 4) is 11.5 Å². The molecule has 0 unspecified atom stereocenters. The Labute approximate surface area is 131 Å². The van der Waals surface area contributed by atoms with Crippen LogP contribution in [0.5, 0.6) is 11.5 Å². The van der Waals surface area contributed by atoms with Crippen molar-refractivity contribution < 1.29 is 14.6 Å². The van der Waals surface area contributed by atoms with Crippen molar-refractivity contribution in [2.24, 2.45) is 0 Å². The summed E-state index contributed by atoms with van der Waals surface area (Å²) in [6, 6.07) is 15.5. The second-order valence-electron chi connectivity index (χ2n) is 4.98. The number of aliphatic hydroxyl groups is 1. The molecule has 0 aliphatic heterocycles. The average Bonchev–Trinajstić information content (AvgIpc) is 2.57. The van der Waals surface area contributed by atoms with Gasteiger partial charge in [0.1, 0.15) is 0 Å². The lowest BCUT2D eigenvalue weighted by molar-refractivity contribution is 0.174. The molecule has 4 heteroatoms. The van der Waals surface area contributed by atoms with Crippen LogP contribution in [0.15, 0.2) is 48.5 Å². The van der Waals surface area contributed by atoms with Crippen LogP contribution in [-0.2, 0) is 6.54 Å². The Morgan fingerprint density at radius 1 is 1.09 bits per heavy atom. The minimum atomic E-state index is -0.509. The topological polar surface area (TPSA) is 50.7 Å². The summed E-state index contributed by atoms with van der Waals surface area (Å²) in [7, 11) is 1.63. The van der Waals surface area contributed by atoms with Gasteiger partial charge in [-0.1, -0.05) is 36.4 Å².